The number of rotatable bonds is 4. The highest BCUT2D eigenvalue weighted by Crippen LogP contribution is 2.17. The maximum Gasteiger partial charge on any atom is 0.242 e. The molecule has 0 aliphatic rings. The molecule has 0 unspecified atom stereocenters. The van der Waals surface area contributed by atoms with E-state index in [1.807, 2.05) is 32.2 Å². The van der Waals surface area contributed by atoms with Gasteiger partial charge in [0.15, 0.2) is 0 Å². The molecule has 2 N–H and O–H groups in total. The summed E-state index contributed by atoms with van der Waals surface area (Å²) in [4.78, 5) is 12.7. The van der Waals surface area contributed by atoms with Gasteiger partial charge in [0, 0.05) is 28.7 Å². The number of hydrazine groups is 1. The molecule has 6 nitrogen and oxygen atoms in total. The number of anilines is 1. The zero-order valence-electron chi connectivity index (χ0n) is 11.4. The lowest BCUT2D eigenvalue weighted by molar-refractivity contribution is 0.961. The van der Waals surface area contributed by atoms with Crippen molar-refractivity contribution in [3.05, 3.63) is 39.7 Å². The van der Waals surface area contributed by atoms with Crippen molar-refractivity contribution in [2.24, 2.45) is 0 Å². The molecule has 2 aromatic rings. The number of nitrogens with zero attached hydrogens (tertiary/aromatic N) is 4. The number of thiazole rings is 1. The normalized spacial score (nSPS) is 11.0. The smallest absolute Gasteiger partial charge is 0.242 e. The molecule has 0 spiro atoms. The molecule has 7 heteroatoms. The number of hydrogen-bond acceptors (Lipinski definition) is 7. The standard InChI is InChI=1S/C13H14N6S/c1-8-4-9(2)18-13(17-8)19-15-6-11(5-14)12-16-10(3)7-20-12/h4,6-7,15H,1-3H3,(H,17,18,19)/b11-6+. The van der Waals surface area contributed by atoms with Crippen LogP contribution in [0.15, 0.2) is 17.6 Å². The average molecular weight is 286 g/mol. The second-order valence-electron chi connectivity index (χ2n) is 4.21. The van der Waals surface area contributed by atoms with Crippen molar-refractivity contribution in [3.8, 4) is 6.07 Å². The summed E-state index contributed by atoms with van der Waals surface area (Å²) in [5.74, 6) is 0.464. The maximum absolute atomic E-state index is 9.12. The van der Waals surface area contributed by atoms with Gasteiger partial charge in [-0.2, -0.15) is 5.26 Å². The second kappa shape index (κ2) is 6.12. The van der Waals surface area contributed by atoms with Crippen LogP contribution in [0, 0.1) is 32.1 Å². The molecule has 0 aliphatic carbocycles. The molecule has 0 aliphatic heterocycles. The van der Waals surface area contributed by atoms with Crippen LogP contribution in [0.1, 0.15) is 22.1 Å². The van der Waals surface area contributed by atoms with Gasteiger partial charge in [-0.1, -0.05) is 0 Å². The van der Waals surface area contributed by atoms with E-state index in [9.17, 15) is 0 Å². The number of aryl methyl sites for hydroxylation is 3. The lowest BCUT2D eigenvalue weighted by Gasteiger charge is -2.06. The lowest BCUT2D eigenvalue weighted by Crippen LogP contribution is -2.17. The number of nitrogens with one attached hydrogen (secondary N) is 2. The Balaban J connectivity index is 2.06. The molecule has 20 heavy (non-hydrogen) atoms. The van der Waals surface area contributed by atoms with Crippen LogP contribution < -0.4 is 10.9 Å². The molecule has 0 saturated heterocycles. The van der Waals surface area contributed by atoms with E-state index in [1.54, 1.807) is 6.20 Å². The molecule has 0 saturated carbocycles. The van der Waals surface area contributed by atoms with Crippen molar-refractivity contribution in [2.75, 3.05) is 5.43 Å². The summed E-state index contributed by atoms with van der Waals surface area (Å²) < 4.78 is 0. The third kappa shape index (κ3) is 3.52. The summed E-state index contributed by atoms with van der Waals surface area (Å²) in [7, 11) is 0. The van der Waals surface area contributed by atoms with Crippen LogP contribution >= 0.6 is 11.3 Å². The maximum atomic E-state index is 9.12. The summed E-state index contributed by atoms with van der Waals surface area (Å²) in [5, 5.41) is 11.7. The zero-order valence-corrected chi connectivity index (χ0v) is 12.2. The highest BCUT2D eigenvalue weighted by molar-refractivity contribution is 7.10. The van der Waals surface area contributed by atoms with Crippen LogP contribution in [-0.2, 0) is 0 Å². The Morgan fingerprint density at radius 2 is 1.90 bits per heavy atom. The molecule has 0 atom stereocenters. The number of aromatic nitrogens is 3. The Kier molecular flexibility index (Phi) is 4.27. The molecular formula is C13H14N6S. The molecule has 2 heterocycles. The Bertz CT molecular complexity index is 662. The average Bonchev–Trinajstić information content (AvgIpc) is 2.80. The highest BCUT2D eigenvalue weighted by atomic mass is 32.1. The van der Waals surface area contributed by atoms with Gasteiger partial charge < -0.3 is 5.43 Å². The van der Waals surface area contributed by atoms with Gasteiger partial charge in [0.25, 0.3) is 0 Å². The molecule has 0 aromatic carbocycles. The first kappa shape index (κ1) is 14.0. The topological polar surface area (TPSA) is 86.5 Å². The van der Waals surface area contributed by atoms with Crippen LogP contribution in [0.3, 0.4) is 0 Å². The predicted octanol–water partition coefficient (Wildman–Crippen LogP) is 2.34. The summed E-state index contributed by atoms with van der Waals surface area (Å²) >= 11 is 1.43. The Morgan fingerprint density at radius 1 is 1.20 bits per heavy atom. The van der Waals surface area contributed by atoms with Crippen LogP contribution in [0.5, 0.6) is 0 Å². The fourth-order valence-corrected chi connectivity index (χ4v) is 2.34. The van der Waals surface area contributed by atoms with Crippen LogP contribution in [0.25, 0.3) is 5.57 Å². The first-order chi connectivity index (χ1) is 9.58. The van der Waals surface area contributed by atoms with Gasteiger partial charge in [0.05, 0.1) is 0 Å². The predicted molar refractivity (Wildman–Crippen MR) is 78.7 cm³/mol. The summed E-state index contributed by atoms with van der Waals surface area (Å²) in [5.41, 5.74) is 8.78. The van der Waals surface area contributed by atoms with E-state index < -0.39 is 0 Å². The fraction of sp³-hybridized carbons (Fsp3) is 0.231. The summed E-state index contributed by atoms with van der Waals surface area (Å²) in [6, 6.07) is 4.00. The number of allylic oxidation sites excluding steroid dienone is 1. The first-order valence-corrected chi connectivity index (χ1v) is 6.83. The van der Waals surface area contributed by atoms with Gasteiger partial charge in [0.1, 0.15) is 16.6 Å². The van der Waals surface area contributed by atoms with Crippen molar-refractivity contribution >= 4 is 22.9 Å². The molecule has 2 aromatic heterocycles. The van der Waals surface area contributed by atoms with Crippen molar-refractivity contribution in [1.29, 1.82) is 5.26 Å². The Morgan fingerprint density at radius 3 is 2.45 bits per heavy atom. The van der Waals surface area contributed by atoms with E-state index in [4.69, 9.17) is 5.26 Å². The van der Waals surface area contributed by atoms with E-state index in [1.165, 1.54) is 11.3 Å². The van der Waals surface area contributed by atoms with Gasteiger partial charge in [-0.25, -0.2) is 15.0 Å². The summed E-state index contributed by atoms with van der Waals surface area (Å²) in [6.07, 6.45) is 1.55. The third-order valence-electron chi connectivity index (χ3n) is 2.35. The second-order valence-corrected chi connectivity index (χ2v) is 5.07. The Hall–Kier alpha value is -2.46. The van der Waals surface area contributed by atoms with Gasteiger partial charge in [-0.3, -0.25) is 5.43 Å². The molecule has 102 valence electrons. The molecular weight excluding hydrogens is 272 g/mol. The van der Waals surface area contributed by atoms with Gasteiger partial charge in [0.2, 0.25) is 5.95 Å². The van der Waals surface area contributed by atoms with Crippen LogP contribution in [-0.4, -0.2) is 15.0 Å². The molecule has 0 amide bonds. The molecule has 2 rings (SSSR count). The SMILES string of the molecule is Cc1cc(C)nc(NN/C=C(\C#N)c2nc(C)cs2)n1. The van der Waals surface area contributed by atoms with Crippen molar-refractivity contribution < 1.29 is 0 Å². The lowest BCUT2D eigenvalue weighted by atomic mass is 10.3. The molecule has 0 fully saturated rings. The van der Waals surface area contributed by atoms with E-state index in [-0.39, 0.29) is 0 Å². The van der Waals surface area contributed by atoms with Crippen molar-refractivity contribution in [2.45, 2.75) is 20.8 Å². The quantitative estimate of drug-likeness (QED) is 0.662. The molecule has 0 bridgehead atoms. The largest absolute Gasteiger partial charge is 0.304 e. The number of hydrogen-bond donors (Lipinski definition) is 2. The van der Waals surface area contributed by atoms with Gasteiger partial charge in [-0.05, 0) is 26.8 Å². The van der Waals surface area contributed by atoms with E-state index >= 15 is 0 Å². The minimum absolute atomic E-state index is 0.458. The Labute approximate surface area is 121 Å². The minimum Gasteiger partial charge on any atom is -0.304 e. The van der Waals surface area contributed by atoms with Gasteiger partial charge >= 0.3 is 0 Å². The van der Waals surface area contributed by atoms with Crippen LogP contribution in [0.4, 0.5) is 5.95 Å². The van der Waals surface area contributed by atoms with E-state index in [0.717, 1.165) is 17.1 Å². The number of nitriles is 1. The highest BCUT2D eigenvalue weighted by Gasteiger charge is 2.05. The van der Waals surface area contributed by atoms with E-state index in [0.29, 0.717) is 16.5 Å². The van der Waals surface area contributed by atoms with Crippen molar-refractivity contribution in [1.82, 2.24) is 20.4 Å². The fourth-order valence-electron chi connectivity index (χ4n) is 1.57. The third-order valence-corrected chi connectivity index (χ3v) is 3.35. The van der Waals surface area contributed by atoms with E-state index in [2.05, 4.69) is 31.9 Å². The monoisotopic (exact) mass is 286 g/mol. The van der Waals surface area contributed by atoms with Crippen molar-refractivity contribution in [3.63, 3.8) is 0 Å². The molecule has 0 radical (unpaired) electrons. The van der Waals surface area contributed by atoms with Crippen LogP contribution in [0.2, 0.25) is 0 Å². The minimum atomic E-state index is 0.458. The van der Waals surface area contributed by atoms with Gasteiger partial charge in [-0.15, -0.1) is 11.3 Å². The summed E-state index contributed by atoms with van der Waals surface area (Å²) in [6.45, 7) is 5.69. The first-order valence-electron chi connectivity index (χ1n) is 5.95. The zero-order chi connectivity index (χ0) is 14.5.